The molecule has 0 spiro atoms. The van der Waals surface area contributed by atoms with Crippen LogP contribution in [0.5, 0.6) is 0 Å². The zero-order valence-electron chi connectivity index (χ0n) is 10.6. The van der Waals surface area contributed by atoms with Gasteiger partial charge in [-0.3, -0.25) is 10.1 Å². The highest BCUT2D eigenvalue weighted by Gasteiger charge is 2.16. The van der Waals surface area contributed by atoms with Gasteiger partial charge in [-0.1, -0.05) is 12.1 Å². The molecule has 0 radical (unpaired) electrons. The number of nitro benzene ring substituents is 1. The maximum absolute atomic E-state index is 10.5. The molecule has 1 aromatic carbocycles. The summed E-state index contributed by atoms with van der Waals surface area (Å²) in [7, 11) is 2.14. The summed E-state index contributed by atoms with van der Waals surface area (Å²) in [6, 6.07) is 7.28. The Hall–Kier alpha value is -1.46. The topological polar surface area (TPSA) is 58.4 Å². The van der Waals surface area contributed by atoms with E-state index in [2.05, 4.69) is 17.3 Å². The third kappa shape index (κ3) is 3.51. The summed E-state index contributed by atoms with van der Waals surface area (Å²) < 4.78 is 0. The first-order valence-corrected chi connectivity index (χ1v) is 6.30. The number of hydrogen-bond donors (Lipinski definition) is 1. The Bertz CT molecular complexity index is 405. The van der Waals surface area contributed by atoms with Crippen LogP contribution < -0.4 is 5.32 Å². The van der Waals surface area contributed by atoms with Crippen molar-refractivity contribution in [2.75, 3.05) is 20.1 Å². The normalized spacial score (nSPS) is 20.8. The van der Waals surface area contributed by atoms with Crippen LogP contribution >= 0.6 is 0 Å². The second-order valence-electron chi connectivity index (χ2n) is 4.91. The Labute approximate surface area is 107 Å². The number of hydrogen-bond acceptors (Lipinski definition) is 4. The van der Waals surface area contributed by atoms with E-state index in [1.165, 1.54) is 19.4 Å². The van der Waals surface area contributed by atoms with Crippen molar-refractivity contribution in [3.63, 3.8) is 0 Å². The number of nitrogens with zero attached hydrogens (tertiary/aromatic N) is 2. The van der Waals surface area contributed by atoms with Crippen molar-refractivity contribution < 1.29 is 4.92 Å². The summed E-state index contributed by atoms with van der Waals surface area (Å²) in [5.74, 6) is 0. The number of benzene rings is 1. The molecule has 1 atom stereocenters. The van der Waals surface area contributed by atoms with Crippen LogP contribution in [0.3, 0.4) is 0 Å². The summed E-state index contributed by atoms with van der Waals surface area (Å²) in [6.07, 6.45) is 2.44. The van der Waals surface area contributed by atoms with Crippen molar-refractivity contribution in [3.8, 4) is 0 Å². The van der Waals surface area contributed by atoms with E-state index >= 15 is 0 Å². The maximum Gasteiger partial charge on any atom is 0.269 e. The minimum atomic E-state index is -0.368. The first-order valence-electron chi connectivity index (χ1n) is 6.30. The monoisotopic (exact) mass is 249 g/mol. The highest BCUT2D eigenvalue weighted by atomic mass is 16.6. The second kappa shape index (κ2) is 5.93. The van der Waals surface area contributed by atoms with Crippen molar-refractivity contribution in [1.29, 1.82) is 0 Å². The van der Waals surface area contributed by atoms with Crippen molar-refractivity contribution in [1.82, 2.24) is 10.2 Å². The molecule has 1 aliphatic rings. The van der Waals surface area contributed by atoms with Gasteiger partial charge < -0.3 is 10.2 Å². The Morgan fingerprint density at radius 3 is 2.78 bits per heavy atom. The molecule has 0 bridgehead atoms. The lowest BCUT2D eigenvalue weighted by atomic mass is 10.1. The summed E-state index contributed by atoms with van der Waals surface area (Å²) in [5.41, 5.74) is 1.24. The van der Waals surface area contributed by atoms with Gasteiger partial charge in [0.05, 0.1) is 4.92 Å². The highest BCUT2D eigenvalue weighted by Crippen LogP contribution is 2.13. The predicted octanol–water partition coefficient (Wildman–Crippen LogP) is 1.78. The molecule has 0 saturated carbocycles. The molecule has 0 aromatic heterocycles. The molecule has 0 aliphatic carbocycles. The van der Waals surface area contributed by atoms with Crippen LogP contribution in [0.4, 0.5) is 5.69 Å². The van der Waals surface area contributed by atoms with Crippen LogP contribution in [0.15, 0.2) is 24.3 Å². The number of nitrogens with one attached hydrogen (secondary N) is 1. The number of rotatable bonds is 4. The molecule has 1 fully saturated rings. The first kappa shape index (κ1) is 13.0. The number of piperidine rings is 1. The van der Waals surface area contributed by atoms with Crippen molar-refractivity contribution in [2.24, 2.45) is 0 Å². The highest BCUT2D eigenvalue weighted by molar-refractivity contribution is 5.32. The Kier molecular flexibility index (Phi) is 4.28. The summed E-state index contributed by atoms with van der Waals surface area (Å²) in [4.78, 5) is 12.5. The van der Waals surface area contributed by atoms with Crippen LogP contribution in [0.25, 0.3) is 0 Å². The molecule has 5 heteroatoms. The Balaban J connectivity index is 1.84. The third-order valence-corrected chi connectivity index (χ3v) is 3.37. The van der Waals surface area contributed by atoms with E-state index in [0.29, 0.717) is 6.04 Å². The first-order chi connectivity index (χ1) is 8.65. The Morgan fingerprint density at radius 2 is 2.17 bits per heavy atom. The molecule has 98 valence electrons. The van der Waals surface area contributed by atoms with E-state index in [1.54, 1.807) is 12.1 Å². The minimum absolute atomic E-state index is 0.149. The predicted molar refractivity (Wildman–Crippen MR) is 70.5 cm³/mol. The largest absolute Gasteiger partial charge is 0.309 e. The summed E-state index contributed by atoms with van der Waals surface area (Å²) in [6.45, 7) is 3.03. The zero-order chi connectivity index (χ0) is 13.0. The van der Waals surface area contributed by atoms with E-state index in [9.17, 15) is 10.1 Å². The van der Waals surface area contributed by atoms with Gasteiger partial charge in [0.25, 0.3) is 5.69 Å². The third-order valence-electron chi connectivity index (χ3n) is 3.37. The Morgan fingerprint density at radius 1 is 1.44 bits per heavy atom. The molecule has 1 heterocycles. The molecular weight excluding hydrogens is 230 g/mol. The van der Waals surface area contributed by atoms with Crippen molar-refractivity contribution >= 4 is 5.69 Å². The lowest BCUT2D eigenvalue weighted by Gasteiger charge is -2.30. The van der Waals surface area contributed by atoms with Crippen molar-refractivity contribution in [3.05, 3.63) is 39.9 Å². The van der Waals surface area contributed by atoms with E-state index < -0.39 is 0 Å². The fraction of sp³-hybridized carbons (Fsp3) is 0.538. The quantitative estimate of drug-likeness (QED) is 0.652. The molecule has 1 aliphatic heterocycles. The van der Waals surface area contributed by atoms with Gasteiger partial charge in [0.15, 0.2) is 0 Å². The SMILES string of the molecule is CN1CCCC(NCc2ccc([N+](=O)[O-])cc2)C1. The number of likely N-dealkylation sites (tertiary alicyclic amines) is 1. The van der Waals surface area contributed by atoms with Gasteiger partial charge in [-0.2, -0.15) is 0 Å². The van der Waals surface area contributed by atoms with E-state index in [0.717, 1.165) is 18.7 Å². The van der Waals surface area contributed by atoms with E-state index in [-0.39, 0.29) is 10.6 Å². The molecule has 2 rings (SSSR count). The minimum Gasteiger partial charge on any atom is -0.309 e. The fourth-order valence-corrected chi connectivity index (χ4v) is 2.33. The van der Waals surface area contributed by atoms with Gasteiger partial charge in [0, 0.05) is 31.3 Å². The molecule has 18 heavy (non-hydrogen) atoms. The van der Waals surface area contributed by atoms with Gasteiger partial charge in [0.1, 0.15) is 0 Å². The lowest BCUT2D eigenvalue weighted by molar-refractivity contribution is -0.384. The number of nitro groups is 1. The number of likely N-dealkylation sites (N-methyl/N-ethyl adjacent to an activating group) is 1. The van der Waals surface area contributed by atoms with E-state index in [4.69, 9.17) is 0 Å². The number of non-ortho nitro benzene ring substituents is 1. The van der Waals surface area contributed by atoms with Gasteiger partial charge in [0.2, 0.25) is 0 Å². The molecule has 5 nitrogen and oxygen atoms in total. The van der Waals surface area contributed by atoms with Crippen LogP contribution in [0, 0.1) is 10.1 Å². The maximum atomic E-state index is 10.5. The van der Waals surface area contributed by atoms with Gasteiger partial charge in [-0.15, -0.1) is 0 Å². The fourth-order valence-electron chi connectivity index (χ4n) is 2.33. The van der Waals surface area contributed by atoms with Gasteiger partial charge in [-0.05, 0) is 32.0 Å². The smallest absolute Gasteiger partial charge is 0.269 e. The van der Waals surface area contributed by atoms with Crippen LogP contribution in [-0.2, 0) is 6.54 Å². The van der Waals surface area contributed by atoms with E-state index in [1.807, 2.05) is 12.1 Å². The molecule has 0 amide bonds. The van der Waals surface area contributed by atoms with Crippen LogP contribution in [0.2, 0.25) is 0 Å². The molecular formula is C13H19N3O2. The van der Waals surface area contributed by atoms with Gasteiger partial charge in [-0.25, -0.2) is 0 Å². The molecule has 1 aromatic rings. The second-order valence-corrected chi connectivity index (χ2v) is 4.91. The van der Waals surface area contributed by atoms with Gasteiger partial charge >= 0.3 is 0 Å². The van der Waals surface area contributed by atoms with Crippen molar-refractivity contribution in [2.45, 2.75) is 25.4 Å². The summed E-state index contributed by atoms with van der Waals surface area (Å²) >= 11 is 0. The molecule has 1 unspecified atom stereocenters. The van der Waals surface area contributed by atoms with Crippen LogP contribution in [-0.4, -0.2) is 36.0 Å². The molecule has 1 saturated heterocycles. The average Bonchev–Trinajstić information content (AvgIpc) is 2.37. The van der Waals surface area contributed by atoms with Crippen LogP contribution in [0.1, 0.15) is 18.4 Å². The summed E-state index contributed by atoms with van der Waals surface area (Å²) in [5, 5.41) is 14.0. The molecule has 1 N–H and O–H groups in total. The lowest BCUT2D eigenvalue weighted by Crippen LogP contribution is -2.43. The standard InChI is InChI=1S/C13H19N3O2/c1-15-8-2-3-12(10-15)14-9-11-4-6-13(7-5-11)16(17)18/h4-7,12,14H,2-3,8-10H2,1H3. The zero-order valence-corrected chi connectivity index (χ0v) is 10.6. The average molecular weight is 249 g/mol.